The first-order chi connectivity index (χ1) is 14.5. The number of carbonyl (C=O) groups excluding carboxylic acids is 1. The van der Waals surface area contributed by atoms with E-state index in [0.29, 0.717) is 17.1 Å². The first-order valence-corrected chi connectivity index (χ1v) is 10.6. The van der Waals surface area contributed by atoms with Gasteiger partial charge in [-0.15, -0.1) is 0 Å². The molecule has 4 aromatic rings. The SMILES string of the molecule is O=C(Nc1ccncc1)Nc1ccc(NS(=O)(=O)c2ccc3ccccc3c2)cc1. The van der Waals surface area contributed by atoms with Crippen LogP contribution in [0.15, 0.2) is 96.2 Å². The minimum absolute atomic E-state index is 0.181. The number of carbonyl (C=O) groups is 1. The van der Waals surface area contributed by atoms with Crippen molar-refractivity contribution in [2.75, 3.05) is 15.4 Å². The van der Waals surface area contributed by atoms with Gasteiger partial charge in [0.2, 0.25) is 0 Å². The fourth-order valence-electron chi connectivity index (χ4n) is 2.90. The average Bonchev–Trinajstić information content (AvgIpc) is 2.75. The Kier molecular flexibility index (Phi) is 5.32. The Morgan fingerprint density at radius 1 is 0.700 bits per heavy atom. The first kappa shape index (κ1) is 19.4. The van der Waals surface area contributed by atoms with E-state index in [0.717, 1.165) is 10.8 Å². The molecule has 0 saturated heterocycles. The van der Waals surface area contributed by atoms with Gasteiger partial charge in [0.25, 0.3) is 10.0 Å². The third-order valence-electron chi connectivity index (χ3n) is 4.36. The third-order valence-corrected chi connectivity index (χ3v) is 5.74. The van der Waals surface area contributed by atoms with Crippen molar-refractivity contribution in [3.05, 3.63) is 91.3 Å². The highest BCUT2D eigenvalue weighted by Crippen LogP contribution is 2.22. The lowest BCUT2D eigenvalue weighted by molar-refractivity contribution is 0.262. The van der Waals surface area contributed by atoms with E-state index >= 15 is 0 Å². The maximum Gasteiger partial charge on any atom is 0.323 e. The van der Waals surface area contributed by atoms with Gasteiger partial charge in [0.15, 0.2) is 0 Å². The van der Waals surface area contributed by atoms with Gasteiger partial charge < -0.3 is 10.6 Å². The molecule has 8 heteroatoms. The zero-order valence-corrected chi connectivity index (χ0v) is 16.6. The number of nitrogens with zero attached hydrogens (tertiary/aromatic N) is 1. The van der Waals surface area contributed by atoms with Crippen molar-refractivity contribution in [3.8, 4) is 0 Å². The summed E-state index contributed by atoms with van der Waals surface area (Å²) in [5.41, 5.74) is 1.53. The molecule has 0 saturated carbocycles. The molecule has 4 rings (SSSR count). The molecule has 2 amide bonds. The summed E-state index contributed by atoms with van der Waals surface area (Å²) in [6.07, 6.45) is 3.15. The Hall–Kier alpha value is -3.91. The minimum Gasteiger partial charge on any atom is -0.308 e. The molecule has 150 valence electrons. The predicted octanol–water partition coefficient (Wildman–Crippen LogP) is 4.68. The number of hydrogen-bond donors (Lipinski definition) is 3. The minimum atomic E-state index is -3.74. The number of hydrogen-bond acceptors (Lipinski definition) is 4. The number of fused-ring (bicyclic) bond motifs is 1. The van der Waals surface area contributed by atoms with Crippen molar-refractivity contribution in [1.29, 1.82) is 0 Å². The predicted molar refractivity (Wildman–Crippen MR) is 118 cm³/mol. The molecule has 7 nitrogen and oxygen atoms in total. The Labute approximate surface area is 173 Å². The summed E-state index contributed by atoms with van der Waals surface area (Å²) >= 11 is 0. The fraction of sp³-hybridized carbons (Fsp3) is 0. The topological polar surface area (TPSA) is 100 Å². The number of amides is 2. The summed E-state index contributed by atoms with van der Waals surface area (Å²) in [7, 11) is -3.74. The van der Waals surface area contributed by atoms with Crippen molar-refractivity contribution in [2.24, 2.45) is 0 Å². The van der Waals surface area contributed by atoms with Gasteiger partial charge in [0.05, 0.1) is 4.90 Å². The van der Waals surface area contributed by atoms with Crippen LogP contribution in [0.1, 0.15) is 0 Å². The molecule has 0 fully saturated rings. The van der Waals surface area contributed by atoms with Crippen molar-refractivity contribution in [1.82, 2.24) is 4.98 Å². The largest absolute Gasteiger partial charge is 0.323 e. The Balaban J connectivity index is 1.43. The van der Waals surface area contributed by atoms with Gasteiger partial charge in [-0.3, -0.25) is 9.71 Å². The van der Waals surface area contributed by atoms with E-state index in [2.05, 4.69) is 20.3 Å². The van der Waals surface area contributed by atoms with Crippen LogP contribution in [0, 0.1) is 0 Å². The second kappa shape index (κ2) is 8.22. The number of aromatic nitrogens is 1. The summed E-state index contributed by atoms with van der Waals surface area (Å²) in [5, 5.41) is 7.18. The zero-order valence-electron chi connectivity index (χ0n) is 15.7. The summed E-state index contributed by atoms with van der Waals surface area (Å²) in [4.78, 5) is 16.1. The molecule has 1 aromatic heterocycles. The van der Waals surface area contributed by atoms with Gasteiger partial charge in [0, 0.05) is 29.5 Å². The van der Waals surface area contributed by atoms with Gasteiger partial charge in [-0.1, -0.05) is 30.3 Å². The van der Waals surface area contributed by atoms with Crippen LogP contribution in [0.3, 0.4) is 0 Å². The molecular weight excluding hydrogens is 400 g/mol. The maximum atomic E-state index is 12.7. The number of benzene rings is 3. The van der Waals surface area contributed by atoms with Crippen LogP contribution in [0.25, 0.3) is 10.8 Å². The molecule has 1 heterocycles. The Morgan fingerprint density at radius 3 is 2.00 bits per heavy atom. The van der Waals surface area contributed by atoms with Crippen molar-refractivity contribution in [2.45, 2.75) is 4.90 Å². The smallest absolute Gasteiger partial charge is 0.308 e. The summed E-state index contributed by atoms with van der Waals surface area (Å²) in [6.45, 7) is 0. The van der Waals surface area contributed by atoms with Crippen molar-refractivity contribution < 1.29 is 13.2 Å². The normalized spacial score (nSPS) is 11.1. The standard InChI is InChI=1S/C22H18N4O3S/c27-22(25-19-11-13-23-14-12-19)24-18-6-8-20(9-7-18)26-30(28,29)21-10-5-16-3-1-2-4-17(16)15-21/h1-15,26H,(H2,23,24,25,27). The first-order valence-electron chi connectivity index (χ1n) is 9.09. The van der Waals surface area contributed by atoms with Gasteiger partial charge in [0.1, 0.15) is 0 Å². The van der Waals surface area contributed by atoms with E-state index < -0.39 is 16.1 Å². The molecule has 0 bridgehead atoms. The van der Waals surface area contributed by atoms with Crippen LogP contribution in [0.2, 0.25) is 0 Å². The molecular formula is C22H18N4O3S. The van der Waals surface area contributed by atoms with Crippen LogP contribution >= 0.6 is 0 Å². The fourth-order valence-corrected chi connectivity index (χ4v) is 3.99. The molecule has 0 aliphatic rings. The molecule has 0 aliphatic heterocycles. The molecule has 30 heavy (non-hydrogen) atoms. The molecule has 0 atom stereocenters. The quantitative estimate of drug-likeness (QED) is 0.438. The van der Waals surface area contributed by atoms with Crippen LogP contribution in [0.4, 0.5) is 21.9 Å². The Morgan fingerprint density at radius 2 is 1.30 bits per heavy atom. The van der Waals surface area contributed by atoms with Crippen LogP contribution in [-0.4, -0.2) is 19.4 Å². The van der Waals surface area contributed by atoms with Crippen molar-refractivity contribution in [3.63, 3.8) is 0 Å². The van der Waals surface area contributed by atoms with Crippen LogP contribution in [-0.2, 0) is 10.0 Å². The van der Waals surface area contributed by atoms with Gasteiger partial charge in [-0.25, -0.2) is 13.2 Å². The van der Waals surface area contributed by atoms with Crippen molar-refractivity contribution >= 4 is 43.9 Å². The molecule has 0 spiro atoms. The number of sulfonamides is 1. The lowest BCUT2D eigenvalue weighted by Crippen LogP contribution is -2.19. The monoisotopic (exact) mass is 418 g/mol. The number of rotatable bonds is 5. The highest BCUT2D eigenvalue weighted by atomic mass is 32.2. The average molecular weight is 418 g/mol. The molecule has 0 aliphatic carbocycles. The lowest BCUT2D eigenvalue weighted by Gasteiger charge is -2.11. The van der Waals surface area contributed by atoms with E-state index in [4.69, 9.17) is 0 Å². The number of pyridine rings is 1. The van der Waals surface area contributed by atoms with E-state index in [1.54, 1.807) is 67.0 Å². The zero-order chi connectivity index (χ0) is 21.0. The van der Waals surface area contributed by atoms with Gasteiger partial charge in [-0.2, -0.15) is 0 Å². The highest BCUT2D eigenvalue weighted by molar-refractivity contribution is 7.92. The number of anilines is 3. The van der Waals surface area contributed by atoms with Crippen LogP contribution < -0.4 is 15.4 Å². The maximum absolute atomic E-state index is 12.7. The van der Waals surface area contributed by atoms with Crippen LogP contribution in [0.5, 0.6) is 0 Å². The second-order valence-electron chi connectivity index (χ2n) is 6.51. The summed E-state index contributed by atoms with van der Waals surface area (Å²) < 4.78 is 28.0. The third kappa shape index (κ3) is 4.56. The second-order valence-corrected chi connectivity index (χ2v) is 8.19. The summed E-state index contributed by atoms with van der Waals surface area (Å²) in [5.74, 6) is 0. The summed E-state index contributed by atoms with van der Waals surface area (Å²) in [6, 6.07) is 21.9. The Bertz CT molecular complexity index is 1290. The van der Waals surface area contributed by atoms with Gasteiger partial charge >= 0.3 is 6.03 Å². The van der Waals surface area contributed by atoms with E-state index in [9.17, 15) is 13.2 Å². The molecule has 0 radical (unpaired) electrons. The molecule has 0 unspecified atom stereocenters. The van der Waals surface area contributed by atoms with E-state index in [1.165, 1.54) is 0 Å². The highest BCUT2D eigenvalue weighted by Gasteiger charge is 2.14. The lowest BCUT2D eigenvalue weighted by atomic mass is 10.1. The van der Waals surface area contributed by atoms with E-state index in [1.807, 2.05) is 24.3 Å². The molecule has 3 N–H and O–H groups in total. The van der Waals surface area contributed by atoms with Gasteiger partial charge in [-0.05, 0) is 59.3 Å². The number of urea groups is 1. The van der Waals surface area contributed by atoms with E-state index in [-0.39, 0.29) is 4.90 Å². The number of nitrogens with one attached hydrogen (secondary N) is 3. The molecule has 3 aromatic carbocycles.